The summed E-state index contributed by atoms with van der Waals surface area (Å²) in [6.45, 7) is 5.68. The number of fused-ring (bicyclic) bond motifs is 2. The molecule has 3 aromatic rings. The number of hydrogen-bond donors (Lipinski definition) is 2. The molecule has 5 rings (SSSR count). The van der Waals surface area contributed by atoms with E-state index in [-0.39, 0.29) is 16.9 Å². The summed E-state index contributed by atoms with van der Waals surface area (Å²) in [5.41, 5.74) is 3.75. The van der Waals surface area contributed by atoms with Gasteiger partial charge in [0.15, 0.2) is 17.2 Å². The Morgan fingerprint density at radius 2 is 2.00 bits per heavy atom. The highest BCUT2D eigenvalue weighted by Gasteiger charge is 2.38. The number of thioether (sulfide) groups is 1. The largest absolute Gasteiger partial charge is 0.476 e. The van der Waals surface area contributed by atoms with Crippen molar-refractivity contribution in [3.05, 3.63) is 51.9 Å². The van der Waals surface area contributed by atoms with Crippen LogP contribution in [0.3, 0.4) is 0 Å². The SMILES string of the molecule is Cc1cc([C@@H](C)Nc2ccc(Cl)nc2C(=O)O)c2nc(N3C[C@H]4CSC[C@H]4C3)c(C#N)nc2c1. The third kappa shape index (κ3) is 4.12. The van der Waals surface area contributed by atoms with E-state index in [0.717, 1.165) is 35.7 Å². The first-order valence-electron chi connectivity index (χ1n) is 11.1. The molecular formula is C24H23ClN6O2S. The van der Waals surface area contributed by atoms with Gasteiger partial charge in [0.05, 0.1) is 22.8 Å². The van der Waals surface area contributed by atoms with Crippen LogP contribution in [0.4, 0.5) is 11.5 Å². The van der Waals surface area contributed by atoms with Gasteiger partial charge >= 0.3 is 5.97 Å². The van der Waals surface area contributed by atoms with Crippen LogP contribution in [0, 0.1) is 30.1 Å². The molecule has 0 spiro atoms. The number of benzene rings is 1. The van der Waals surface area contributed by atoms with Crippen molar-refractivity contribution in [3.8, 4) is 6.07 Å². The number of rotatable bonds is 5. The lowest BCUT2D eigenvalue weighted by Gasteiger charge is -2.22. The first-order chi connectivity index (χ1) is 16.3. The number of aryl methyl sites for hydroxylation is 1. The molecule has 1 aromatic carbocycles. The maximum Gasteiger partial charge on any atom is 0.356 e. The summed E-state index contributed by atoms with van der Waals surface area (Å²) < 4.78 is 0. The molecular weight excluding hydrogens is 472 g/mol. The molecule has 0 radical (unpaired) electrons. The molecule has 3 atom stereocenters. The van der Waals surface area contributed by atoms with Crippen LogP contribution in [0.1, 0.15) is 40.3 Å². The number of anilines is 2. The minimum atomic E-state index is -1.16. The van der Waals surface area contributed by atoms with Crippen molar-refractivity contribution in [3.63, 3.8) is 0 Å². The molecule has 0 bridgehead atoms. The minimum Gasteiger partial charge on any atom is -0.476 e. The summed E-state index contributed by atoms with van der Waals surface area (Å²) in [6, 6.07) is 9.05. The number of carboxylic acid groups (broad SMARTS) is 1. The Balaban J connectivity index is 1.56. The second-order valence-corrected chi connectivity index (χ2v) is 10.4. The van der Waals surface area contributed by atoms with Crippen LogP contribution in [0.2, 0.25) is 5.15 Å². The van der Waals surface area contributed by atoms with E-state index in [2.05, 4.69) is 26.3 Å². The topological polar surface area (TPSA) is 115 Å². The Morgan fingerprint density at radius 1 is 1.26 bits per heavy atom. The van der Waals surface area contributed by atoms with Crippen molar-refractivity contribution in [1.82, 2.24) is 15.0 Å². The molecule has 2 aliphatic heterocycles. The van der Waals surface area contributed by atoms with E-state index in [9.17, 15) is 15.2 Å². The van der Waals surface area contributed by atoms with Crippen LogP contribution < -0.4 is 10.2 Å². The van der Waals surface area contributed by atoms with E-state index in [1.807, 2.05) is 37.7 Å². The number of carbonyl (C=O) groups is 1. The normalized spacial score (nSPS) is 20.2. The number of pyridine rings is 1. The lowest BCUT2D eigenvalue weighted by Crippen LogP contribution is -2.24. The average molecular weight is 495 g/mol. The van der Waals surface area contributed by atoms with Gasteiger partial charge in [-0.2, -0.15) is 17.0 Å². The first-order valence-corrected chi connectivity index (χ1v) is 12.6. The number of nitrogens with one attached hydrogen (secondary N) is 1. The molecule has 2 N–H and O–H groups in total. The molecule has 2 aliphatic rings. The Labute approximate surface area is 206 Å². The lowest BCUT2D eigenvalue weighted by molar-refractivity contribution is 0.0691. The van der Waals surface area contributed by atoms with Crippen molar-refractivity contribution in [2.45, 2.75) is 19.9 Å². The molecule has 2 saturated heterocycles. The molecule has 0 amide bonds. The smallest absolute Gasteiger partial charge is 0.356 e. The molecule has 0 aliphatic carbocycles. The molecule has 4 heterocycles. The monoisotopic (exact) mass is 494 g/mol. The number of halogens is 1. The molecule has 34 heavy (non-hydrogen) atoms. The zero-order valence-corrected chi connectivity index (χ0v) is 20.3. The predicted molar refractivity (Wildman–Crippen MR) is 134 cm³/mol. The van der Waals surface area contributed by atoms with Gasteiger partial charge in [0.1, 0.15) is 11.2 Å². The number of aromatic carboxylic acids is 1. The summed E-state index contributed by atoms with van der Waals surface area (Å²) in [5, 5.41) is 22.7. The Kier molecular flexibility index (Phi) is 5.96. The highest BCUT2D eigenvalue weighted by Crippen LogP contribution is 2.39. The van der Waals surface area contributed by atoms with Crippen molar-refractivity contribution >= 4 is 51.9 Å². The highest BCUT2D eigenvalue weighted by atomic mass is 35.5. The fraction of sp³-hybridized carbons (Fsp3) is 0.375. The maximum atomic E-state index is 11.7. The van der Waals surface area contributed by atoms with Gasteiger partial charge in [-0.1, -0.05) is 17.7 Å². The van der Waals surface area contributed by atoms with Crippen LogP contribution in [0.25, 0.3) is 11.0 Å². The van der Waals surface area contributed by atoms with Crippen LogP contribution in [-0.4, -0.2) is 50.6 Å². The number of aromatic nitrogens is 3. The number of nitrogens with zero attached hydrogens (tertiary/aromatic N) is 5. The Bertz CT molecular complexity index is 1330. The van der Waals surface area contributed by atoms with Gasteiger partial charge in [-0.15, -0.1) is 0 Å². The Morgan fingerprint density at radius 3 is 2.68 bits per heavy atom. The highest BCUT2D eigenvalue weighted by molar-refractivity contribution is 7.99. The fourth-order valence-electron chi connectivity index (χ4n) is 4.84. The molecule has 2 aromatic heterocycles. The third-order valence-electron chi connectivity index (χ3n) is 6.47. The molecule has 0 unspecified atom stereocenters. The van der Waals surface area contributed by atoms with Gasteiger partial charge in [-0.25, -0.2) is 19.7 Å². The molecule has 174 valence electrons. The number of hydrogen-bond acceptors (Lipinski definition) is 8. The summed E-state index contributed by atoms with van der Waals surface area (Å²) in [7, 11) is 0. The second-order valence-electron chi connectivity index (χ2n) is 8.89. The van der Waals surface area contributed by atoms with Crippen molar-refractivity contribution in [2.75, 3.05) is 34.8 Å². The van der Waals surface area contributed by atoms with Gasteiger partial charge in [0, 0.05) is 18.7 Å². The van der Waals surface area contributed by atoms with Crippen LogP contribution in [0.15, 0.2) is 24.3 Å². The third-order valence-corrected chi connectivity index (χ3v) is 8.01. The van der Waals surface area contributed by atoms with Gasteiger partial charge in [-0.3, -0.25) is 0 Å². The Hall–Kier alpha value is -3.09. The summed E-state index contributed by atoms with van der Waals surface area (Å²) in [4.78, 5) is 27.5. The first kappa shape index (κ1) is 22.7. The van der Waals surface area contributed by atoms with E-state index in [0.29, 0.717) is 40.1 Å². The standard InChI is InChI=1S/C24H23ClN6O2S/c1-12-5-16(13(2)27-17-3-4-20(25)29-22(17)24(32)33)21-18(6-12)28-19(7-26)23(30-21)31-8-14-10-34-11-15(14)9-31/h3-6,13-15,27H,8-11H2,1-2H3,(H,32,33)/t13-,14-,15+/m1/s1. The lowest BCUT2D eigenvalue weighted by atomic mass is 10.0. The van der Waals surface area contributed by atoms with Crippen LogP contribution >= 0.6 is 23.4 Å². The van der Waals surface area contributed by atoms with Crippen LogP contribution in [-0.2, 0) is 0 Å². The van der Waals surface area contributed by atoms with Gasteiger partial charge in [0.25, 0.3) is 0 Å². The zero-order valence-electron chi connectivity index (χ0n) is 18.7. The average Bonchev–Trinajstić information content (AvgIpc) is 3.41. The maximum absolute atomic E-state index is 11.7. The van der Waals surface area contributed by atoms with E-state index in [1.54, 1.807) is 12.1 Å². The van der Waals surface area contributed by atoms with E-state index < -0.39 is 5.97 Å². The second kappa shape index (κ2) is 8.93. The van der Waals surface area contributed by atoms with Gasteiger partial charge in [-0.05, 0) is 61.0 Å². The van der Waals surface area contributed by atoms with E-state index in [4.69, 9.17) is 16.6 Å². The predicted octanol–water partition coefficient (Wildman–Crippen LogP) is 4.53. The minimum absolute atomic E-state index is 0.116. The van der Waals surface area contributed by atoms with Gasteiger partial charge in [0.2, 0.25) is 0 Å². The van der Waals surface area contributed by atoms with Crippen molar-refractivity contribution in [2.24, 2.45) is 11.8 Å². The number of carboxylic acids is 1. The molecule has 2 fully saturated rings. The van der Waals surface area contributed by atoms with E-state index >= 15 is 0 Å². The quantitative estimate of drug-likeness (QED) is 0.493. The van der Waals surface area contributed by atoms with Crippen LogP contribution in [0.5, 0.6) is 0 Å². The van der Waals surface area contributed by atoms with Crippen molar-refractivity contribution in [1.29, 1.82) is 5.26 Å². The summed E-state index contributed by atoms with van der Waals surface area (Å²) in [5.74, 6) is 3.02. The van der Waals surface area contributed by atoms with Gasteiger partial charge < -0.3 is 15.3 Å². The number of nitriles is 1. The molecule has 0 saturated carbocycles. The molecule has 10 heteroatoms. The summed E-state index contributed by atoms with van der Waals surface area (Å²) >= 11 is 7.90. The van der Waals surface area contributed by atoms with Crippen molar-refractivity contribution < 1.29 is 9.90 Å². The summed E-state index contributed by atoms with van der Waals surface area (Å²) in [6.07, 6.45) is 0. The zero-order chi connectivity index (χ0) is 24.0. The fourth-order valence-corrected chi connectivity index (χ4v) is 6.48. The molecule has 8 nitrogen and oxygen atoms in total. The van der Waals surface area contributed by atoms with E-state index in [1.165, 1.54) is 0 Å².